The van der Waals surface area contributed by atoms with E-state index in [1.54, 1.807) is 0 Å². The Bertz CT molecular complexity index is 667. The molecular weight excluding hydrogens is 360 g/mol. The monoisotopic (exact) mass is 404 g/mol. The van der Waals surface area contributed by atoms with Crippen molar-refractivity contribution >= 4 is 0 Å². The minimum absolute atomic E-state index is 0.757. The SMILES string of the molecule is CCCCCC1CCC(C2CCC(/C=C/C#Cc3ccc(CCC)cc3)CC2)CC1. The summed E-state index contributed by atoms with van der Waals surface area (Å²) >= 11 is 0. The van der Waals surface area contributed by atoms with Gasteiger partial charge in [0.2, 0.25) is 0 Å². The molecule has 0 bridgehead atoms. The van der Waals surface area contributed by atoms with Gasteiger partial charge in [-0.3, -0.25) is 0 Å². The Kier molecular flexibility index (Phi) is 10.1. The maximum absolute atomic E-state index is 3.30. The van der Waals surface area contributed by atoms with Crippen molar-refractivity contribution in [1.29, 1.82) is 0 Å². The standard InChI is InChI=1S/C30H44/c1-3-5-6-10-27-17-21-29(22-18-27)30-23-19-28(20-24-30)12-8-7-11-26-15-13-25(9-4-2)14-16-26/h8,12-16,27-30H,3-6,9-10,17-24H2,1-2H3/b12-8+. The van der Waals surface area contributed by atoms with Gasteiger partial charge in [0.1, 0.15) is 0 Å². The second-order valence-corrected chi connectivity index (χ2v) is 10.0. The molecule has 0 aliphatic heterocycles. The van der Waals surface area contributed by atoms with Gasteiger partial charge >= 0.3 is 0 Å². The number of benzene rings is 1. The van der Waals surface area contributed by atoms with E-state index in [-0.39, 0.29) is 0 Å². The highest BCUT2D eigenvalue weighted by Gasteiger charge is 2.30. The summed E-state index contributed by atoms with van der Waals surface area (Å²) in [6.07, 6.45) is 24.4. The molecule has 0 atom stereocenters. The van der Waals surface area contributed by atoms with E-state index in [4.69, 9.17) is 0 Å². The predicted octanol–water partition coefficient (Wildman–Crippen LogP) is 8.74. The molecular formula is C30H44. The van der Waals surface area contributed by atoms with Crippen LogP contribution in [0.5, 0.6) is 0 Å². The summed E-state index contributed by atoms with van der Waals surface area (Å²) < 4.78 is 0. The third-order valence-electron chi connectivity index (χ3n) is 7.75. The molecule has 0 nitrogen and oxygen atoms in total. The van der Waals surface area contributed by atoms with E-state index in [1.807, 2.05) is 0 Å². The largest absolute Gasteiger partial charge is 0.0730 e. The van der Waals surface area contributed by atoms with Crippen molar-refractivity contribution in [3.05, 3.63) is 47.5 Å². The normalized spacial score (nSPS) is 27.0. The third-order valence-corrected chi connectivity index (χ3v) is 7.75. The maximum Gasteiger partial charge on any atom is 0.0249 e. The van der Waals surface area contributed by atoms with E-state index >= 15 is 0 Å². The van der Waals surface area contributed by atoms with Crippen LogP contribution in [0.4, 0.5) is 0 Å². The van der Waals surface area contributed by atoms with Gasteiger partial charge in [-0.2, -0.15) is 0 Å². The number of hydrogen-bond acceptors (Lipinski definition) is 0. The predicted molar refractivity (Wildman–Crippen MR) is 131 cm³/mol. The van der Waals surface area contributed by atoms with Crippen LogP contribution in [0.1, 0.15) is 108 Å². The first-order valence-corrected chi connectivity index (χ1v) is 13.1. The lowest BCUT2D eigenvalue weighted by molar-refractivity contribution is 0.151. The number of unbranched alkanes of at least 4 members (excludes halogenated alkanes) is 2. The lowest BCUT2D eigenvalue weighted by atomic mass is 9.68. The molecule has 0 spiro atoms. The minimum atomic E-state index is 0.757. The first kappa shape index (κ1) is 23.2. The quantitative estimate of drug-likeness (QED) is 0.300. The molecule has 3 rings (SSSR count). The summed E-state index contributed by atoms with van der Waals surface area (Å²) in [6, 6.07) is 8.76. The van der Waals surface area contributed by atoms with Crippen molar-refractivity contribution < 1.29 is 0 Å². The molecule has 0 heterocycles. The smallest absolute Gasteiger partial charge is 0.0249 e. The molecule has 0 aromatic heterocycles. The Morgan fingerprint density at radius 2 is 1.47 bits per heavy atom. The molecule has 2 aliphatic carbocycles. The highest BCUT2D eigenvalue weighted by molar-refractivity contribution is 5.38. The van der Waals surface area contributed by atoms with Crippen LogP contribution in [0.3, 0.4) is 0 Å². The van der Waals surface area contributed by atoms with E-state index in [0.717, 1.165) is 35.7 Å². The fraction of sp³-hybridized carbons (Fsp3) is 0.667. The molecule has 0 N–H and O–H groups in total. The van der Waals surface area contributed by atoms with Gasteiger partial charge in [0.25, 0.3) is 0 Å². The molecule has 0 saturated heterocycles. The molecule has 0 radical (unpaired) electrons. The topological polar surface area (TPSA) is 0 Å². The average molecular weight is 405 g/mol. The molecule has 2 fully saturated rings. The van der Waals surface area contributed by atoms with Gasteiger partial charge in [0.05, 0.1) is 0 Å². The molecule has 164 valence electrons. The van der Waals surface area contributed by atoms with E-state index < -0.39 is 0 Å². The van der Waals surface area contributed by atoms with Crippen LogP contribution in [-0.2, 0) is 6.42 Å². The maximum atomic E-state index is 3.30. The fourth-order valence-corrected chi connectivity index (χ4v) is 5.79. The van der Waals surface area contributed by atoms with E-state index in [2.05, 4.69) is 62.1 Å². The van der Waals surface area contributed by atoms with Crippen molar-refractivity contribution in [2.75, 3.05) is 0 Å². The van der Waals surface area contributed by atoms with Crippen LogP contribution in [0.2, 0.25) is 0 Å². The van der Waals surface area contributed by atoms with Crippen LogP contribution in [-0.4, -0.2) is 0 Å². The van der Waals surface area contributed by atoms with Gasteiger partial charge in [0, 0.05) is 5.56 Å². The Hall–Kier alpha value is -1.48. The van der Waals surface area contributed by atoms with Crippen LogP contribution in [0, 0.1) is 35.5 Å². The number of aryl methyl sites for hydroxylation is 1. The number of hydrogen-bond donors (Lipinski definition) is 0. The van der Waals surface area contributed by atoms with Gasteiger partial charge < -0.3 is 0 Å². The molecule has 2 aliphatic rings. The Balaban J connectivity index is 1.35. The summed E-state index contributed by atoms with van der Waals surface area (Å²) in [5.74, 6) is 10.4. The van der Waals surface area contributed by atoms with E-state index in [1.165, 1.54) is 89.0 Å². The highest BCUT2D eigenvalue weighted by Crippen LogP contribution is 2.42. The lowest BCUT2D eigenvalue weighted by Gasteiger charge is -2.37. The first-order chi connectivity index (χ1) is 14.8. The Morgan fingerprint density at radius 1 is 0.800 bits per heavy atom. The van der Waals surface area contributed by atoms with Gasteiger partial charge in [-0.25, -0.2) is 0 Å². The third kappa shape index (κ3) is 7.65. The second-order valence-electron chi connectivity index (χ2n) is 10.0. The number of allylic oxidation sites excluding steroid dienone is 2. The molecule has 0 unspecified atom stereocenters. The molecule has 2 saturated carbocycles. The van der Waals surface area contributed by atoms with Crippen molar-refractivity contribution in [3.63, 3.8) is 0 Å². The lowest BCUT2D eigenvalue weighted by Crippen LogP contribution is -2.25. The van der Waals surface area contributed by atoms with Crippen LogP contribution >= 0.6 is 0 Å². The van der Waals surface area contributed by atoms with Gasteiger partial charge in [-0.15, -0.1) is 0 Å². The molecule has 0 amide bonds. The van der Waals surface area contributed by atoms with Crippen molar-refractivity contribution in [2.45, 2.75) is 104 Å². The van der Waals surface area contributed by atoms with Crippen molar-refractivity contribution in [2.24, 2.45) is 23.7 Å². The average Bonchev–Trinajstić information content (AvgIpc) is 2.79. The van der Waals surface area contributed by atoms with Gasteiger partial charge in [-0.1, -0.05) is 88.8 Å². The summed E-state index contributed by atoms with van der Waals surface area (Å²) in [7, 11) is 0. The van der Waals surface area contributed by atoms with E-state index in [0.29, 0.717) is 0 Å². The summed E-state index contributed by atoms with van der Waals surface area (Å²) in [5, 5.41) is 0. The Labute approximate surface area is 186 Å². The van der Waals surface area contributed by atoms with E-state index in [9.17, 15) is 0 Å². The first-order valence-electron chi connectivity index (χ1n) is 13.1. The molecule has 1 aromatic rings. The molecule has 1 aromatic carbocycles. The molecule has 30 heavy (non-hydrogen) atoms. The second kappa shape index (κ2) is 13.0. The number of rotatable bonds is 8. The molecule has 0 heteroatoms. The summed E-state index contributed by atoms with van der Waals surface area (Å²) in [4.78, 5) is 0. The Morgan fingerprint density at radius 3 is 2.10 bits per heavy atom. The van der Waals surface area contributed by atoms with Crippen LogP contribution in [0.25, 0.3) is 0 Å². The van der Waals surface area contributed by atoms with Crippen molar-refractivity contribution in [1.82, 2.24) is 0 Å². The zero-order chi connectivity index (χ0) is 21.0. The van der Waals surface area contributed by atoms with Crippen LogP contribution < -0.4 is 0 Å². The zero-order valence-corrected chi connectivity index (χ0v) is 19.7. The zero-order valence-electron chi connectivity index (χ0n) is 19.7. The fourth-order valence-electron chi connectivity index (χ4n) is 5.79. The highest BCUT2D eigenvalue weighted by atomic mass is 14.4. The van der Waals surface area contributed by atoms with Crippen LogP contribution in [0.15, 0.2) is 36.4 Å². The van der Waals surface area contributed by atoms with Gasteiger partial charge in [-0.05, 0) is 92.4 Å². The summed E-state index contributed by atoms with van der Waals surface area (Å²) in [6.45, 7) is 4.55. The van der Waals surface area contributed by atoms with Gasteiger partial charge in [0.15, 0.2) is 0 Å². The minimum Gasteiger partial charge on any atom is -0.0730 e. The van der Waals surface area contributed by atoms with Crippen molar-refractivity contribution in [3.8, 4) is 11.8 Å². The summed E-state index contributed by atoms with van der Waals surface area (Å²) in [5.41, 5.74) is 2.55.